The van der Waals surface area contributed by atoms with Gasteiger partial charge < -0.3 is 8.98 Å². The molecule has 0 aliphatic rings. The van der Waals surface area contributed by atoms with Gasteiger partial charge in [-0.15, -0.1) is 20.4 Å². The predicted octanol–water partition coefficient (Wildman–Crippen LogP) is 5.04. The third kappa shape index (κ3) is 3.61. The van der Waals surface area contributed by atoms with Gasteiger partial charge in [0.25, 0.3) is 0 Å². The molecule has 2 aromatic heterocycles. The van der Waals surface area contributed by atoms with Crippen LogP contribution in [0.2, 0.25) is 5.02 Å². The highest BCUT2D eigenvalue weighted by Crippen LogP contribution is 2.36. The fraction of sp³-hybridized carbons (Fsp3) is 0.158. The maximum Gasteiger partial charge on any atom is 0.247 e. The van der Waals surface area contributed by atoms with Crippen molar-refractivity contribution in [2.45, 2.75) is 17.3 Å². The summed E-state index contributed by atoms with van der Waals surface area (Å²) < 4.78 is 7.75. The van der Waals surface area contributed by atoms with Gasteiger partial charge in [0.15, 0.2) is 11.0 Å². The highest BCUT2D eigenvalue weighted by molar-refractivity contribution is 7.99. The Morgan fingerprint density at radius 1 is 0.963 bits per heavy atom. The van der Waals surface area contributed by atoms with Crippen molar-refractivity contribution >= 4 is 23.4 Å². The molecule has 27 heavy (non-hydrogen) atoms. The molecule has 0 amide bonds. The Labute approximate surface area is 165 Å². The lowest BCUT2D eigenvalue weighted by Gasteiger charge is -2.07. The molecule has 0 saturated carbocycles. The van der Waals surface area contributed by atoms with E-state index in [9.17, 15) is 0 Å². The molecule has 0 spiro atoms. The van der Waals surface area contributed by atoms with Gasteiger partial charge in [0.05, 0.1) is 10.3 Å². The van der Waals surface area contributed by atoms with Crippen molar-refractivity contribution in [3.8, 4) is 22.8 Å². The fourth-order valence-electron chi connectivity index (χ4n) is 2.60. The lowest BCUT2D eigenvalue weighted by Crippen LogP contribution is -1.97. The van der Waals surface area contributed by atoms with E-state index in [1.54, 1.807) is 0 Å². The molecule has 2 heterocycles. The quantitative estimate of drug-likeness (QED) is 0.439. The van der Waals surface area contributed by atoms with Crippen LogP contribution in [0.5, 0.6) is 0 Å². The van der Waals surface area contributed by atoms with Crippen LogP contribution in [0.15, 0.2) is 64.2 Å². The summed E-state index contributed by atoms with van der Waals surface area (Å²) in [5, 5.41) is 18.2. The average molecular weight is 398 g/mol. The molecule has 0 fully saturated rings. The molecule has 1 atom stereocenters. The number of halogens is 1. The molecule has 2 aromatic carbocycles. The second-order valence-electron chi connectivity index (χ2n) is 5.92. The summed E-state index contributed by atoms with van der Waals surface area (Å²) in [6.07, 6.45) is 0. The van der Waals surface area contributed by atoms with E-state index in [0.29, 0.717) is 22.6 Å². The van der Waals surface area contributed by atoms with Crippen molar-refractivity contribution in [3.05, 3.63) is 65.5 Å². The molecule has 0 unspecified atom stereocenters. The molecule has 4 aromatic rings. The summed E-state index contributed by atoms with van der Waals surface area (Å²) in [6, 6.07) is 17.3. The van der Waals surface area contributed by atoms with Crippen molar-refractivity contribution in [1.29, 1.82) is 0 Å². The normalized spacial score (nSPS) is 12.3. The Bertz CT molecular complexity index is 1060. The van der Waals surface area contributed by atoms with Crippen LogP contribution in [0.25, 0.3) is 22.8 Å². The fourth-order valence-corrected chi connectivity index (χ4v) is 3.66. The average Bonchev–Trinajstić information content (AvgIpc) is 3.31. The van der Waals surface area contributed by atoms with E-state index in [1.165, 1.54) is 11.8 Å². The summed E-state index contributed by atoms with van der Waals surface area (Å²) in [4.78, 5) is 0. The van der Waals surface area contributed by atoms with E-state index in [0.717, 1.165) is 16.3 Å². The van der Waals surface area contributed by atoms with E-state index in [1.807, 2.05) is 73.1 Å². The molecule has 0 saturated heterocycles. The van der Waals surface area contributed by atoms with E-state index in [4.69, 9.17) is 16.0 Å². The first-order valence-corrected chi connectivity index (χ1v) is 9.59. The van der Waals surface area contributed by atoms with Crippen molar-refractivity contribution in [2.24, 2.45) is 7.05 Å². The molecule has 0 aliphatic carbocycles. The van der Waals surface area contributed by atoms with Crippen LogP contribution in [-0.4, -0.2) is 25.0 Å². The number of nitrogens with zero attached hydrogens (tertiary/aromatic N) is 5. The molecule has 4 rings (SSSR count). The summed E-state index contributed by atoms with van der Waals surface area (Å²) in [7, 11) is 1.91. The lowest BCUT2D eigenvalue weighted by atomic mass is 10.2. The van der Waals surface area contributed by atoms with E-state index >= 15 is 0 Å². The smallest absolute Gasteiger partial charge is 0.247 e. The van der Waals surface area contributed by atoms with Crippen molar-refractivity contribution in [2.75, 3.05) is 0 Å². The van der Waals surface area contributed by atoms with Gasteiger partial charge in [-0.25, -0.2) is 0 Å². The SMILES string of the molecule is C[C@@H](Sc1nnc(-c2ccccc2Cl)n1C)c1nnc(-c2ccccc2)o1. The van der Waals surface area contributed by atoms with Gasteiger partial charge in [-0.05, 0) is 31.2 Å². The molecule has 0 N–H and O–H groups in total. The zero-order valence-corrected chi connectivity index (χ0v) is 16.3. The Morgan fingerprint density at radius 3 is 2.48 bits per heavy atom. The highest BCUT2D eigenvalue weighted by Gasteiger charge is 2.20. The minimum absolute atomic E-state index is 0.0723. The van der Waals surface area contributed by atoms with Crippen LogP contribution in [-0.2, 0) is 7.05 Å². The topological polar surface area (TPSA) is 69.6 Å². The van der Waals surface area contributed by atoms with Gasteiger partial charge in [-0.3, -0.25) is 0 Å². The van der Waals surface area contributed by atoms with Crippen molar-refractivity contribution < 1.29 is 4.42 Å². The Hall–Kier alpha value is -2.64. The second kappa shape index (κ2) is 7.54. The van der Waals surface area contributed by atoms with Crippen molar-refractivity contribution in [1.82, 2.24) is 25.0 Å². The highest BCUT2D eigenvalue weighted by atomic mass is 35.5. The largest absolute Gasteiger partial charge is 0.419 e. The second-order valence-corrected chi connectivity index (χ2v) is 7.63. The number of thioether (sulfide) groups is 1. The lowest BCUT2D eigenvalue weighted by molar-refractivity contribution is 0.508. The van der Waals surface area contributed by atoms with Crippen LogP contribution in [0.3, 0.4) is 0 Å². The summed E-state index contributed by atoms with van der Waals surface area (Å²) in [5.74, 6) is 1.76. The third-order valence-corrected chi connectivity index (χ3v) is 5.49. The van der Waals surface area contributed by atoms with Crippen LogP contribution in [0.4, 0.5) is 0 Å². The summed E-state index contributed by atoms with van der Waals surface area (Å²) >= 11 is 7.78. The summed E-state index contributed by atoms with van der Waals surface area (Å²) in [5.41, 5.74) is 1.74. The Kier molecular flexibility index (Phi) is 4.96. The van der Waals surface area contributed by atoms with Crippen LogP contribution in [0, 0.1) is 0 Å². The molecule has 0 aliphatic heterocycles. The maximum absolute atomic E-state index is 6.28. The zero-order chi connectivity index (χ0) is 18.8. The third-order valence-electron chi connectivity index (χ3n) is 4.04. The number of benzene rings is 2. The van der Waals surface area contributed by atoms with Gasteiger partial charge in [-0.2, -0.15) is 0 Å². The monoisotopic (exact) mass is 397 g/mol. The molecule has 0 bridgehead atoms. The molecular weight excluding hydrogens is 382 g/mol. The van der Waals surface area contributed by atoms with Gasteiger partial charge in [0, 0.05) is 18.2 Å². The molecule has 6 nitrogen and oxygen atoms in total. The zero-order valence-electron chi connectivity index (χ0n) is 14.7. The van der Waals surface area contributed by atoms with Crippen LogP contribution < -0.4 is 0 Å². The Morgan fingerprint density at radius 2 is 1.70 bits per heavy atom. The van der Waals surface area contributed by atoms with Crippen LogP contribution in [0.1, 0.15) is 18.1 Å². The first-order chi connectivity index (χ1) is 13.1. The predicted molar refractivity (Wildman–Crippen MR) is 105 cm³/mol. The molecule has 0 radical (unpaired) electrons. The van der Waals surface area contributed by atoms with Crippen molar-refractivity contribution in [3.63, 3.8) is 0 Å². The van der Waals surface area contributed by atoms with E-state index < -0.39 is 0 Å². The molecule has 8 heteroatoms. The van der Waals surface area contributed by atoms with Gasteiger partial charge in [0.1, 0.15) is 0 Å². The number of hydrogen-bond acceptors (Lipinski definition) is 6. The molecule has 136 valence electrons. The first kappa shape index (κ1) is 17.8. The van der Waals surface area contributed by atoms with E-state index in [-0.39, 0.29) is 5.25 Å². The Balaban J connectivity index is 1.55. The minimum Gasteiger partial charge on any atom is -0.419 e. The number of rotatable bonds is 5. The summed E-state index contributed by atoms with van der Waals surface area (Å²) in [6.45, 7) is 2.00. The number of hydrogen-bond donors (Lipinski definition) is 0. The number of aromatic nitrogens is 5. The van der Waals surface area contributed by atoms with E-state index in [2.05, 4.69) is 20.4 Å². The standard InChI is InChI=1S/C19H16ClN5OS/c1-12(17-22-23-18(26-17)13-8-4-3-5-9-13)27-19-24-21-16(25(19)2)14-10-6-7-11-15(14)20/h3-12H,1-2H3/t12-/m1/s1. The van der Waals surface area contributed by atoms with Gasteiger partial charge >= 0.3 is 0 Å². The maximum atomic E-state index is 6.28. The van der Waals surface area contributed by atoms with Crippen LogP contribution >= 0.6 is 23.4 Å². The minimum atomic E-state index is -0.0723. The molecular formula is C19H16ClN5OS. The van der Waals surface area contributed by atoms with Gasteiger partial charge in [-0.1, -0.05) is 53.7 Å². The van der Waals surface area contributed by atoms with Gasteiger partial charge in [0.2, 0.25) is 11.8 Å². The first-order valence-electron chi connectivity index (χ1n) is 8.33.